The van der Waals surface area contributed by atoms with Crippen molar-refractivity contribution in [2.45, 2.75) is 32.0 Å². The van der Waals surface area contributed by atoms with E-state index in [1.807, 2.05) is 0 Å². The average molecular weight is 174 g/mol. The highest BCUT2D eigenvalue weighted by Crippen LogP contribution is 2.12. The zero-order valence-corrected chi connectivity index (χ0v) is 7.16. The molecule has 1 atom stereocenters. The lowest BCUT2D eigenvalue weighted by atomic mass is 10.1. The predicted molar refractivity (Wildman–Crippen MR) is 42.0 cm³/mol. The van der Waals surface area contributed by atoms with Crippen molar-refractivity contribution < 1.29 is 19.4 Å². The van der Waals surface area contributed by atoms with E-state index in [0.29, 0.717) is 13.2 Å². The lowest BCUT2D eigenvalue weighted by Crippen LogP contribution is -2.30. The lowest BCUT2D eigenvalue weighted by Gasteiger charge is -2.24. The number of carboxylic acid groups (broad SMARTS) is 1. The number of rotatable bonds is 3. The molecule has 1 N–H and O–H groups in total. The molecule has 0 radical (unpaired) electrons. The van der Waals surface area contributed by atoms with Gasteiger partial charge in [0.2, 0.25) is 0 Å². The Morgan fingerprint density at radius 1 is 1.58 bits per heavy atom. The van der Waals surface area contributed by atoms with Gasteiger partial charge in [-0.2, -0.15) is 0 Å². The number of hydrogen-bond acceptors (Lipinski definition) is 3. The second kappa shape index (κ2) is 4.42. The van der Waals surface area contributed by atoms with E-state index in [2.05, 4.69) is 0 Å². The fourth-order valence-corrected chi connectivity index (χ4v) is 1.16. The van der Waals surface area contributed by atoms with E-state index in [1.54, 1.807) is 6.92 Å². The van der Waals surface area contributed by atoms with E-state index in [1.165, 1.54) is 0 Å². The molecule has 0 amide bonds. The predicted octanol–water partition coefficient (Wildman–Crippen LogP) is 0.655. The van der Waals surface area contributed by atoms with Crippen LogP contribution in [-0.4, -0.2) is 36.5 Å². The maximum atomic E-state index is 10.4. The lowest BCUT2D eigenvalue weighted by molar-refractivity contribution is -0.156. The minimum absolute atomic E-state index is 0.0600. The normalized spacial score (nSPS) is 22.1. The fraction of sp³-hybridized carbons (Fsp3) is 0.875. The molecule has 0 bridgehead atoms. The van der Waals surface area contributed by atoms with Gasteiger partial charge in [-0.3, -0.25) is 0 Å². The van der Waals surface area contributed by atoms with E-state index in [-0.39, 0.29) is 6.10 Å². The highest BCUT2D eigenvalue weighted by atomic mass is 16.5. The van der Waals surface area contributed by atoms with Crippen molar-refractivity contribution in [3.8, 4) is 0 Å². The van der Waals surface area contributed by atoms with Crippen molar-refractivity contribution in [1.82, 2.24) is 0 Å². The van der Waals surface area contributed by atoms with Gasteiger partial charge in [0.05, 0.1) is 6.10 Å². The molecular formula is C8H14O4. The molecule has 0 aliphatic carbocycles. The van der Waals surface area contributed by atoms with Crippen molar-refractivity contribution in [2.75, 3.05) is 13.2 Å². The first-order chi connectivity index (χ1) is 5.70. The van der Waals surface area contributed by atoms with Crippen molar-refractivity contribution in [1.29, 1.82) is 0 Å². The van der Waals surface area contributed by atoms with Crippen LogP contribution in [0.4, 0.5) is 0 Å². The molecule has 4 heteroatoms. The Bertz CT molecular complexity index is 151. The molecule has 1 heterocycles. The third-order valence-electron chi connectivity index (χ3n) is 1.91. The molecule has 1 saturated heterocycles. The van der Waals surface area contributed by atoms with Crippen molar-refractivity contribution in [2.24, 2.45) is 0 Å². The molecular weight excluding hydrogens is 160 g/mol. The standard InChI is InChI=1S/C8H14O4/c1-6(8(9)10)12-7-2-4-11-5-3-7/h6-7H,2-5H2,1H3,(H,9,10)/t6-/m1/s1. The smallest absolute Gasteiger partial charge is 0.332 e. The van der Waals surface area contributed by atoms with Gasteiger partial charge in [-0.05, 0) is 19.8 Å². The summed E-state index contributed by atoms with van der Waals surface area (Å²) < 4.78 is 10.4. The van der Waals surface area contributed by atoms with Crippen LogP contribution in [0.1, 0.15) is 19.8 Å². The van der Waals surface area contributed by atoms with E-state index in [4.69, 9.17) is 14.6 Å². The summed E-state index contributed by atoms with van der Waals surface area (Å²) in [6.07, 6.45) is 0.966. The van der Waals surface area contributed by atoms with E-state index in [0.717, 1.165) is 12.8 Å². The summed E-state index contributed by atoms with van der Waals surface area (Å²) in [6.45, 7) is 2.91. The first-order valence-corrected chi connectivity index (χ1v) is 4.16. The highest BCUT2D eigenvalue weighted by molar-refractivity contribution is 5.71. The SMILES string of the molecule is C[C@@H](OC1CCOCC1)C(=O)O. The number of ether oxygens (including phenoxy) is 2. The second-order valence-corrected chi connectivity index (χ2v) is 2.93. The molecule has 0 unspecified atom stereocenters. The molecule has 0 aromatic rings. The average Bonchev–Trinajstić information content (AvgIpc) is 2.06. The van der Waals surface area contributed by atoms with Gasteiger partial charge in [-0.15, -0.1) is 0 Å². The molecule has 12 heavy (non-hydrogen) atoms. The first kappa shape index (κ1) is 9.48. The summed E-state index contributed by atoms with van der Waals surface area (Å²) in [7, 11) is 0. The Morgan fingerprint density at radius 3 is 2.67 bits per heavy atom. The Balaban J connectivity index is 2.24. The number of carboxylic acids is 1. The molecule has 1 fully saturated rings. The van der Waals surface area contributed by atoms with Crippen LogP contribution in [0.2, 0.25) is 0 Å². The first-order valence-electron chi connectivity index (χ1n) is 4.16. The van der Waals surface area contributed by atoms with Crippen molar-refractivity contribution in [3.05, 3.63) is 0 Å². The third kappa shape index (κ3) is 2.79. The number of aliphatic carboxylic acids is 1. The number of carbonyl (C=O) groups is 1. The monoisotopic (exact) mass is 174 g/mol. The van der Waals surface area contributed by atoms with Crippen LogP contribution in [0.3, 0.4) is 0 Å². The van der Waals surface area contributed by atoms with Gasteiger partial charge in [-0.25, -0.2) is 4.79 Å². The summed E-state index contributed by atoms with van der Waals surface area (Å²) >= 11 is 0. The van der Waals surface area contributed by atoms with Crippen LogP contribution in [0.25, 0.3) is 0 Å². The molecule has 0 spiro atoms. The maximum Gasteiger partial charge on any atom is 0.332 e. The van der Waals surface area contributed by atoms with E-state index < -0.39 is 12.1 Å². The maximum absolute atomic E-state index is 10.4. The Kier molecular flexibility index (Phi) is 3.49. The zero-order chi connectivity index (χ0) is 8.97. The van der Waals surface area contributed by atoms with Gasteiger partial charge in [0.1, 0.15) is 0 Å². The van der Waals surface area contributed by atoms with Crippen LogP contribution < -0.4 is 0 Å². The van der Waals surface area contributed by atoms with Gasteiger partial charge in [0.15, 0.2) is 6.10 Å². The van der Waals surface area contributed by atoms with Crippen LogP contribution in [0.15, 0.2) is 0 Å². The topological polar surface area (TPSA) is 55.8 Å². The largest absolute Gasteiger partial charge is 0.479 e. The molecule has 70 valence electrons. The second-order valence-electron chi connectivity index (χ2n) is 2.93. The van der Waals surface area contributed by atoms with E-state index in [9.17, 15) is 4.79 Å². The van der Waals surface area contributed by atoms with E-state index >= 15 is 0 Å². The van der Waals surface area contributed by atoms with Crippen molar-refractivity contribution in [3.63, 3.8) is 0 Å². The molecule has 1 rings (SSSR count). The fourth-order valence-electron chi connectivity index (χ4n) is 1.16. The van der Waals surface area contributed by atoms with Gasteiger partial charge in [-0.1, -0.05) is 0 Å². The third-order valence-corrected chi connectivity index (χ3v) is 1.91. The zero-order valence-electron chi connectivity index (χ0n) is 7.16. The van der Waals surface area contributed by atoms with Crippen LogP contribution in [0, 0.1) is 0 Å². The summed E-state index contributed by atoms with van der Waals surface area (Å²) in [6, 6.07) is 0. The molecule has 4 nitrogen and oxygen atoms in total. The molecule has 1 aliphatic heterocycles. The van der Waals surface area contributed by atoms with Gasteiger partial charge in [0.25, 0.3) is 0 Å². The summed E-state index contributed by atoms with van der Waals surface area (Å²) in [5.41, 5.74) is 0. The Hall–Kier alpha value is -0.610. The van der Waals surface area contributed by atoms with Crippen LogP contribution in [0.5, 0.6) is 0 Å². The van der Waals surface area contributed by atoms with Crippen molar-refractivity contribution >= 4 is 5.97 Å². The summed E-state index contributed by atoms with van der Waals surface area (Å²) in [5, 5.41) is 8.56. The molecule has 0 aromatic heterocycles. The van der Waals surface area contributed by atoms with Gasteiger partial charge >= 0.3 is 5.97 Å². The molecule has 1 aliphatic rings. The quantitative estimate of drug-likeness (QED) is 0.682. The molecule has 0 saturated carbocycles. The minimum Gasteiger partial charge on any atom is -0.479 e. The van der Waals surface area contributed by atoms with Crippen LogP contribution in [-0.2, 0) is 14.3 Å². The Morgan fingerprint density at radius 2 is 2.17 bits per heavy atom. The highest BCUT2D eigenvalue weighted by Gasteiger charge is 2.20. The minimum atomic E-state index is -0.901. The van der Waals surface area contributed by atoms with Crippen LogP contribution >= 0.6 is 0 Å². The molecule has 0 aromatic carbocycles. The summed E-state index contributed by atoms with van der Waals surface area (Å²) in [4.78, 5) is 10.4. The van der Waals surface area contributed by atoms with Gasteiger partial charge in [0, 0.05) is 13.2 Å². The summed E-state index contributed by atoms with van der Waals surface area (Å²) in [5.74, 6) is -0.901. The Labute approximate surface area is 71.5 Å². The number of hydrogen-bond donors (Lipinski definition) is 1. The van der Waals surface area contributed by atoms with Gasteiger partial charge < -0.3 is 14.6 Å².